The number of hydrogen-bond acceptors (Lipinski definition) is 4. The minimum Gasteiger partial charge on any atom is -0.496 e. The van der Waals surface area contributed by atoms with Gasteiger partial charge in [-0.1, -0.05) is 36.4 Å². The van der Waals surface area contributed by atoms with Crippen LogP contribution in [0.25, 0.3) is 11.4 Å². The first-order valence-corrected chi connectivity index (χ1v) is 10.1. The molecule has 2 heterocycles. The van der Waals surface area contributed by atoms with Crippen LogP contribution in [0.1, 0.15) is 18.4 Å². The van der Waals surface area contributed by atoms with Crippen LogP contribution in [0.2, 0.25) is 0 Å². The normalized spacial score (nSPS) is 16.5. The van der Waals surface area contributed by atoms with Gasteiger partial charge in [0.15, 0.2) is 0 Å². The molecule has 1 aromatic heterocycles. The molecule has 5 heteroatoms. The Labute approximate surface area is 172 Å². The van der Waals surface area contributed by atoms with E-state index >= 15 is 0 Å². The largest absolute Gasteiger partial charge is 0.496 e. The zero-order valence-electron chi connectivity index (χ0n) is 17.5. The van der Waals surface area contributed by atoms with E-state index in [4.69, 9.17) is 14.5 Å². The number of piperidine rings is 1. The summed E-state index contributed by atoms with van der Waals surface area (Å²) in [5.74, 6) is 2.43. The lowest BCUT2D eigenvalue weighted by Gasteiger charge is -2.41. The molecule has 1 aliphatic rings. The average Bonchev–Trinajstić information content (AvgIpc) is 3.22. The molecule has 0 unspecified atom stereocenters. The molecule has 4 rings (SSSR count). The first-order valence-electron chi connectivity index (χ1n) is 10.1. The monoisotopic (exact) mass is 391 g/mol. The van der Waals surface area contributed by atoms with Gasteiger partial charge in [-0.15, -0.1) is 0 Å². The van der Waals surface area contributed by atoms with Crippen molar-refractivity contribution in [1.82, 2.24) is 14.5 Å². The number of likely N-dealkylation sites (tertiary alicyclic amines) is 1. The maximum atomic E-state index is 5.64. The van der Waals surface area contributed by atoms with Crippen LogP contribution >= 0.6 is 0 Å². The van der Waals surface area contributed by atoms with Gasteiger partial charge in [0.25, 0.3) is 0 Å². The summed E-state index contributed by atoms with van der Waals surface area (Å²) < 4.78 is 13.5. The van der Waals surface area contributed by atoms with E-state index in [0.717, 1.165) is 55.4 Å². The fourth-order valence-electron chi connectivity index (χ4n) is 4.44. The molecule has 0 bridgehead atoms. The summed E-state index contributed by atoms with van der Waals surface area (Å²) in [6, 6.07) is 16.8. The molecule has 0 aliphatic carbocycles. The summed E-state index contributed by atoms with van der Waals surface area (Å²) >= 11 is 0. The van der Waals surface area contributed by atoms with Crippen molar-refractivity contribution in [3.05, 3.63) is 66.5 Å². The minimum absolute atomic E-state index is 0.0818. The van der Waals surface area contributed by atoms with Gasteiger partial charge in [-0.25, -0.2) is 4.98 Å². The van der Waals surface area contributed by atoms with E-state index in [1.807, 2.05) is 24.4 Å². The first kappa shape index (κ1) is 19.5. The van der Waals surface area contributed by atoms with Crippen molar-refractivity contribution in [2.45, 2.75) is 24.8 Å². The van der Waals surface area contributed by atoms with Crippen LogP contribution in [0.4, 0.5) is 0 Å². The maximum absolute atomic E-state index is 5.64. The van der Waals surface area contributed by atoms with Crippen molar-refractivity contribution < 1.29 is 9.47 Å². The smallest absolute Gasteiger partial charge is 0.147 e. The van der Waals surface area contributed by atoms with Crippen LogP contribution in [0.15, 0.2) is 60.9 Å². The number of rotatable bonds is 6. The van der Waals surface area contributed by atoms with Gasteiger partial charge in [0, 0.05) is 24.4 Å². The standard InChI is InChI=1S/C24H29N3O2/c1-26-15-12-24(13-16-26,19-8-5-4-6-9-19)18-27-17-14-25-23(27)22-20(28-2)10-7-11-21(22)29-3/h4-11,14,17H,12-13,15-16,18H2,1-3H3. The van der Waals surface area contributed by atoms with Crippen LogP contribution in [0, 0.1) is 0 Å². The van der Waals surface area contributed by atoms with Crippen LogP contribution in [-0.4, -0.2) is 48.8 Å². The molecule has 2 aromatic carbocycles. The maximum Gasteiger partial charge on any atom is 0.147 e. The summed E-state index contributed by atoms with van der Waals surface area (Å²) in [4.78, 5) is 7.12. The fraction of sp³-hybridized carbons (Fsp3) is 0.375. The molecule has 5 nitrogen and oxygen atoms in total. The van der Waals surface area contributed by atoms with Gasteiger partial charge in [0.2, 0.25) is 0 Å². The molecular weight excluding hydrogens is 362 g/mol. The van der Waals surface area contributed by atoms with Crippen molar-refractivity contribution in [2.75, 3.05) is 34.4 Å². The van der Waals surface area contributed by atoms with Gasteiger partial charge >= 0.3 is 0 Å². The first-order chi connectivity index (χ1) is 14.2. The van der Waals surface area contributed by atoms with Crippen molar-refractivity contribution in [2.24, 2.45) is 0 Å². The number of methoxy groups -OCH3 is 2. The van der Waals surface area contributed by atoms with Gasteiger partial charge in [-0.3, -0.25) is 0 Å². The summed E-state index contributed by atoms with van der Waals surface area (Å²) in [7, 11) is 5.58. The second-order valence-corrected chi connectivity index (χ2v) is 7.87. The van der Waals surface area contributed by atoms with E-state index in [1.54, 1.807) is 14.2 Å². The third-order valence-electron chi connectivity index (χ3n) is 6.17. The molecule has 3 aromatic rings. The summed E-state index contributed by atoms with van der Waals surface area (Å²) in [6.45, 7) is 3.06. The van der Waals surface area contributed by atoms with E-state index in [0.29, 0.717) is 0 Å². The Morgan fingerprint density at radius 3 is 2.21 bits per heavy atom. The lowest BCUT2D eigenvalue weighted by molar-refractivity contribution is 0.170. The Morgan fingerprint density at radius 1 is 0.931 bits per heavy atom. The molecule has 1 aliphatic heterocycles. The van der Waals surface area contributed by atoms with Gasteiger partial charge in [0.05, 0.1) is 14.2 Å². The lowest BCUT2D eigenvalue weighted by atomic mass is 9.72. The number of nitrogens with zero attached hydrogens (tertiary/aromatic N) is 3. The lowest BCUT2D eigenvalue weighted by Crippen LogP contribution is -2.43. The van der Waals surface area contributed by atoms with Crippen LogP contribution in [0.5, 0.6) is 11.5 Å². The molecule has 1 fully saturated rings. The van der Waals surface area contributed by atoms with E-state index in [9.17, 15) is 0 Å². The highest BCUT2D eigenvalue weighted by Crippen LogP contribution is 2.41. The van der Waals surface area contributed by atoms with E-state index in [1.165, 1.54) is 5.56 Å². The number of imidazole rings is 1. The average molecular weight is 392 g/mol. The highest BCUT2D eigenvalue weighted by atomic mass is 16.5. The molecule has 0 saturated carbocycles. The number of hydrogen-bond donors (Lipinski definition) is 0. The SMILES string of the molecule is COc1cccc(OC)c1-c1nccn1CC1(c2ccccc2)CCN(C)CC1. The van der Waals surface area contributed by atoms with E-state index < -0.39 is 0 Å². The topological polar surface area (TPSA) is 39.5 Å². The second kappa shape index (κ2) is 8.29. The zero-order chi connectivity index (χ0) is 20.3. The highest BCUT2D eigenvalue weighted by molar-refractivity contribution is 5.72. The van der Waals surface area contributed by atoms with Gasteiger partial charge in [-0.2, -0.15) is 0 Å². The van der Waals surface area contributed by atoms with Crippen LogP contribution in [-0.2, 0) is 12.0 Å². The van der Waals surface area contributed by atoms with Gasteiger partial charge in [0.1, 0.15) is 22.9 Å². The Balaban J connectivity index is 1.77. The molecule has 0 spiro atoms. The third kappa shape index (κ3) is 3.75. The number of benzene rings is 2. The van der Waals surface area contributed by atoms with Crippen molar-refractivity contribution in [3.63, 3.8) is 0 Å². The fourth-order valence-corrected chi connectivity index (χ4v) is 4.44. The van der Waals surface area contributed by atoms with Crippen molar-refractivity contribution in [1.29, 1.82) is 0 Å². The predicted molar refractivity (Wildman–Crippen MR) is 116 cm³/mol. The quantitative estimate of drug-likeness (QED) is 0.630. The molecule has 0 atom stereocenters. The third-order valence-corrected chi connectivity index (χ3v) is 6.17. The summed E-state index contributed by atoms with van der Waals surface area (Å²) in [5.41, 5.74) is 2.39. The highest BCUT2D eigenvalue weighted by Gasteiger charge is 2.36. The zero-order valence-corrected chi connectivity index (χ0v) is 17.5. The second-order valence-electron chi connectivity index (χ2n) is 7.87. The Morgan fingerprint density at radius 2 is 1.59 bits per heavy atom. The van der Waals surface area contributed by atoms with Gasteiger partial charge in [-0.05, 0) is 50.7 Å². The van der Waals surface area contributed by atoms with Gasteiger partial charge < -0.3 is 18.9 Å². The van der Waals surface area contributed by atoms with E-state index in [2.05, 4.69) is 53.0 Å². The molecule has 29 heavy (non-hydrogen) atoms. The van der Waals surface area contributed by atoms with E-state index in [-0.39, 0.29) is 5.41 Å². The molecular formula is C24H29N3O2. The van der Waals surface area contributed by atoms with Crippen LogP contribution < -0.4 is 9.47 Å². The van der Waals surface area contributed by atoms with Crippen LogP contribution in [0.3, 0.4) is 0 Å². The molecule has 0 radical (unpaired) electrons. The minimum atomic E-state index is 0.0818. The molecule has 1 saturated heterocycles. The molecule has 0 amide bonds. The molecule has 152 valence electrons. The summed E-state index contributed by atoms with van der Waals surface area (Å²) in [6.07, 6.45) is 6.18. The predicted octanol–water partition coefficient (Wildman–Crippen LogP) is 4.23. The Kier molecular flexibility index (Phi) is 5.58. The molecule has 0 N–H and O–H groups in total. The number of ether oxygens (including phenoxy) is 2. The summed E-state index contributed by atoms with van der Waals surface area (Å²) in [5, 5.41) is 0. The Hall–Kier alpha value is -2.79. The van der Waals surface area contributed by atoms with Crippen molar-refractivity contribution >= 4 is 0 Å². The van der Waals surface area contributed by atoms with Crippen molar-refractivity contribution in [3.8, 4) is 22.9 Å². The number of aromatic nitrogens is 2. The Bertz CT molecular complexity index is 922.